The maximum absolute atomic E-state index is 5.64. The average molecular weight is 206 g/mol. The molecule has 1 rings (SSSR count). The van der Waals surface area contributed by atoms with E-state index in [2.05, 4.69) is 49.9 Å². The lowest BCUT2D eigenvalue weighted by atomic mass is 10.1. The van der Waals surface area contributed by atoms with Gasteiger partial charge in [0.25, 0.3) is 0 Å². The maximum Gasteiger partial charge on any atom is 0.0369 e. The summed E-state index contributed by atoms with van der Waals surface area (Å²) in [6, 6.07) is 8.50. The molecular formula is C13H22N2. The van der Waals surface area contributed by atoms with Crippen LogP contribution in [0.1, 0.15) is 26.3 Å². The fourth-order valence-corrected chi connectivity index (χ4v) is 1.74. The summed E-state index contributed by atoms with van der Waals surface area (Å²) in [4.78, 5) is 2.39. The molecular weight excluding hydrogens is 184 g/mol. The third-order valence-electron chi connectivity index (χ3n) is 2.48. The Morgan fingerprint density at radius 3 is 2.60 bits per heavy atom. The van der Waals surface area contributed by atoms with Gasteiger partial charge in [0.05, 0.1) is 0 Å². The standard InChI is InChI=1S/C13H22N2/c1-4-15(10-11(2)3)13-7-5-6-12(8-13)9-14/h5-8,11H,4,9-10,14H2,1-3H3. The average Bonchev–Trinajstić information content (AvgIpc) is 2.25. The molecule has 2 heteroatoms. The van der Waals surface area contributed by atoms with Gasteiger partial charge in [0, 0.05) is 25.3 Å². The molecule has 0 amide bonds. The van der Waals surface area contributed by atoms with E-state index in [0.717, 1.165) is 13.1 Å². The molecule has 1 aromatic carbocycles. The smallest absolute Gasteiger partial charge is 0.0369 e. The number of hydrogen-bond donors (Lipinski definition) is 1. The van der Waals surface area contributed by atoms with Crippen LogP contribution in [-0.4, -0.2) is 13.1 Å². The molecule has 2 nitrogen and oxygen atoms in total. The van der Waals surface area contributed by atoms with Crippen molar-refractivity contribution in [2.75, 3.05) is 18.0 Å². The fourth-order valence-electron chi connectivity index (χ4n) is 1.74. The summed E-state index contributed by atoms with van der Waals surface area (Å²) in [5.74, 6) is 0.687. The monoisotopic (exact) mass is 206 g/mol. The fraction of sp³-hybridized carbons (Fsp3) is 0.538. The van der Waals surface area contributed by atoms with Gasteiger partial charge in [-0.25, -0.2) is 0 Å². The summed E-state index contributed by atoms with van der Waals surface area (Å²) in [5.41, 5.74) is 8.13. The normalized spacial score (nSPS) is 10.7. The first-order chi connectivity index (χ1) is 7.17. The lowest BCUT2D eigenvalue weighted by Crippen LogP contribution is -2.27. The molecule has 0 spiro atoms. The van der Waals surface area contributed by atoms with Crippen molar-refractivity contribution in [2.45, 2.75) is 27.3 Å². The predicted octanol–water partition coefficient (Wildman–Crippen LogP) is 2.63. The van der Waals surface area contributed by atoms with Gasteiger partial charge in [0.15, 0.2) is 0 Å². The summed E-state index contributed by atoms with van der Waals surface area (Å²) in [5, 5.41) is 0. The predicted molar refractivity (Wildman–Crippen MR) is 67.1 cm³/mol. The van der Waals surface area contributed by atoms with E-state index in [0.29, 0.717) is 12.5 Å². The third kappa shape index (κ3) is 3.56. The van der Waals surface area contributed by atoms with Crippen LogP contribution in [-0.2, 0) is 6.54 Å². The summed E-state index contributed by atoms with van der Waals surface area (Å²) in [6.45, 7) is 9.45. The van der Waals surface area contributed by atoms with Crippen LogP contribution in [0.4, 0.5) is 5.69 Å². The van der Waals surface area contributed by atoms with E-state index < -0.39 is 0 Å². The maximum atomic E-state index is 5.64. The Hall–Kier alpha value is -1.02. The second-order valence-corrected chi connectivity index (χ2v) is 4.31. The number of nitrogens with two attached hydrogens (primary N) is 1. The zero-order valence-electron chi connectivity index (χ0n) is 10.0. The van der Waals surface area contributed by atoms with E-state index in [9.17, 15) is 0 Å². The first-order valence-electron chi connectivity index (χ1n) is 5.71. The molecule has 15 heavy (non-hydrogen) atoms. The number of benzene rings is 1. The van der Waals surface area contributed by atoms with Gasteiger partial charge in [-0.2, -0.15) is 0 Å². The minimum Gasteiger partial charge on any atom is -0.372 e. The van der Waals surface area contributed by atoms with Crippen molar-refractivity contribution in [1.29, 1.82) is 0 Å². The highest BCUT2D eigenvalue weighted by atomic mass is 15.1. The Labute approximate surface area is 93.1 Å². The zero-order valence-corrected chi connectivity index (χ0v) is 10.0. The van der Waals surface area contributed by atoms with Crippen molar-refractivity contribution in [3.05, 3.63) is 29.8 Å². The first kappa shape index (κ1) is 12.1. The lowest BCUT2D eigenvalue weighted by molar-refractivity contribution is 0.618. The summed E-state index contributed by atoms with van der Waals surface area (Å²) < 4.78 is 0. The highest BCUT2D eigenvalue weighted by Crippen LogP contribution is 2.17. The van der Waals surface area contributed by atoms with E-state index >= 15 is 0 Å². The second kappa shape index (κ2) is 5.76. The highest BCUT2D eigenvalue weighted by molar-refractivity contribution is 5.48. The molecule has 0 aliphatic carbocycles. The molecule has 0 aliphatic rings. The molecule has 0 unspecified atom stereocenters. The minimum atomic E-state index is 0.618. The topological polar surface area (TPSA) is 29.3 Å². The molecule has 2 N–H and O–H groups in total. The number of hydrogen-bond acceptors (Lipinski definition) is 2. The highest BCUT2D eigenvalue weighted by Gasteiger charge is 2.06. The number of anilines is 1. The van der Waals surface area contributed by atoms with Gasteiger partial charge in [-0.1, -0.05) is 26.0 Å². The number of nitrogens with zero attached hydrogens (tertiary/aromatic N) is 1. The SMILES string of the molecule is CCN(CC(C)C)c1cccc(CN)c1. The molecule has 84 valence electrons. The molecule has 0 saturated heterocycles. The van der Waals surface area contributed by atoms with Crippen LogP contribution < -0.4 is 10.6 Å². The quantitative estimate of drug-likeness (QED) is 0.802. The molecule has 0 fully saturated rings. The molecule has 1 aromatic rings. The second-order valence-electron chi connectivity index (χ2n) is 4.31. The molecule has 0 heterocycles. The van der Waals surface area contributed by atoms with E-state index in [1.165, 1.54) is 11.3 Å². The van der Waals surface area contributed by atoms with Crippen LogP contribution in [0.3, 0.4) is 0 Å². The Morgan fingerprint density at radius 1 is 1.33 bits per heavy atom. The zero-order chi connectivity index (χ0) is 11.3. The van der Waals surface area contributed by atoms with Crippen molar-refractivity contribution in [3.8, 4) is 0 Å². The Bertz CT molecular complexity index is 294. The summed E-state index contributed by atoms with van der Waals surface area (Å²) in [6.07, 6.45) is 0. The van der Waals surface area contributed by atoms with Gasteiger partial charge in [-0.05, 0) is 30.5 Å². The molecule has 0 aromatic heterocycles. The van der Waals surface area contributed by atoms with E-state index in [4.69, 9.17) is 5.73 Å². The lowest BCUT2D eigenvalue weighted by Gasteiger charge is -2.25. The Morgan fingerprint density at radius 2 is 2.07 bits per heavy atom. The van der Waals surface area contributed by atoms with Crippen LogP contribution in [0.2, 0.25) is 0 Å². The molecule has 0 radical (unpaired) electrons. The van der Waals surface area contributed by atoms with Crippen molar-refractivity contribution in [1.82, 2.24) is 0 Å². The van der Waals surface area contributed by atoms with Gasteiger partial charge < -0.3 is 10.6 Å². The largest absolute Gasteiger partial charge is 0.372 e. The van der Waals surface area contributed by atoms with Gasteiger partial charge >= 0.3 is 0 Å². The summed E-state index contributed by atoms with van der Waals surface area (Å²) in [7, 11) is 0. The molecule has 0 bridgehead atoms. The minimum absolute atomic E-state index is 0.618. The van der Waals surface area contributed by atoms with Crippen molar-refractivity contribution < 1.29 is 0 Å². The van der Waals surface area contributed by atoms with Crippen molar-refractivity contribution >= 4 is 5.69 Å². The Balaban J connectivity index is 2.81. The van der Waals surface area contributed by atoms with Crippen molar-refractivity contribution in [3.63, 3.8) is 0 Å². The van der Waals surface area contributed by atoms with Crippen LogP contribution in [0.5, 0.6) is 0 Å². The van der Waals surface area contributed by atoms with E-state index in [1.807, 2.05) is 0 Å². The first-order valence-corrected chi connectivity index (χ1v) is 5.71. The van der Waals surface area contributed by atoms with Gasteiger partial charge in [0.1, 0.15) is 0 Å². The van der Waals surface area contributed by atoms with Crippen LogP contribution in [0.15, 0.2) is 24.3 Å². The van der Waals surface area contributed by atoms with Crippen LogP contribution in [0, 0.1) is 5.92 Å². The molecule has 0 atom stereocenters. The molecule has 0 aliphatic heterocycles. The Kier molecular flexibility index (Phi) is 4.63. The van der Waals surface area contributed by atoms with E-state index in [1.54, 1.807) is 0 Å². The van der Waals surface area contributed by atoms with Crippen LogP contribution in [0.25, 0.3) is 0 Å². The van der Waals surface area contributed by atoms with Gasteiger partial charge in [0.2, 0.25) is 0 Å². The van der Waals surface area contributed by atoms with Gasteiger partial charge in [-0.15, -0.1) is 0 Å². The van der Waals surface area contributed by atoms with E-state index in [-0.39, 0.29) is 0 Å². The number of rotatable bonds is 5. The van der Waals surface area contributed by atoms with Crippen LogP contribution >= 0.6 is 0 Å². The molecule has 0 saturated carbocycles. The summed E-state index contributed by atoms with van der Waals surface area (Å²) >= 11 is 0. The van der Waals surface area contributed by atoms with Gasteiger partial charge in [-0.3, -0.25) is 0 Å². The third-order valence-corrected chi connectivity index (χ3v) is 2.48. The van der Waals surface area contributed by atoms with Crippen molar-refractivity contribution in [2.24, 2.45) is 11.7 Å².